The first-order valence-corrected chi connectivity index (χ1v) is 14.0. The zero-order valence-corrected chi connectivity index (χ0v) is 20.3. The molecule has 3 aromatic carbocycles. The second-order valence-corrected chi connectivity index (χ2v) is 11.8. The summed E-state index contributed by atoms with van der Waals surface area (Å²) in [6, 6.07) is 21.5. The third-order valence-corrected chi connectivity index (χ3v) is 9.09. The van der Waals surface area contributed by atoms with E-state index in [0.717, 1.165) is 18.4 Å². The Morgan fingerprint density at radius 3 is 2.03 bits per heavy atom. The Balaban J connectivity index is 1.30. The molecule has 0 spiro atoms. The van der Waals surface area contributed by atoms with E-state index in [1.165, 1.54) is 40.7 Å². The highest BCUT2D eigenvalue weighted by atomic mass is 32.2. The van der Waals surface area contributed by atoms with Gasteiger partial charge in [0.15, 0.2) is 5.76 Å². The van der Waals surface area contributed by atoms with Crippen molar-refractivity contribution < 1.29 is 21.3 Å². The highest BCUT2D eigenvalue weighted by Gasteiger charge is 2.27. The van der Waals surface area contributed by atoms with Gasteiger partial charge < -0.3 is 4.42 Å². The van der Waals surface area contributed by atoms with Crippen molar-refractivity contribution in [1.29, 1.82) is 0 Å². The van der Waals surface area contributed by atoms with E-state index in [2.05, 4.69) is 9.71 Å². The van der Waals surface area contributed by atoms with Crippen LogP contribution in [-0.4, -0.2) is 39.2 Å². The van der Waals surface area contributed by atoms with Gasteiger partial charge in [-0.25, -0.2) is 21.8 Å². The van der Waals surface area contributed by atoms with Crippen molar-refractivity contribution >= 4 is 25.7 Å². The molecule has 1 saturated heterocycles. The normalized spacial score (nSPS) is 14.7. The van der Waals surface area contributed by atoms with E-state index in [-0.39, 0.29) is 15.5 Å². The van der Waals surface area contributed by atoms with E-state index in [9.17, 15) is 16.8 Å². The molecule has 180 valence electrons. The quantitative estimate of drug-likeness (QED) is 0.390. The highest BCUT2D eigenvalue weighted by Crippen LogP contribution is 2.27. The van der Waals surface area contributed by atoms with Crippen LogP contribution in [0.4, 0.5) is 5.69 Å². The summed E-state index contributed by atoms with van der Waals surface area (Å²) in [6.07, 6.45) is 3.32. The third kappa shape index (κ3) is 4.86. The average Bonchev–Trinajstić information content (AvgIpc) is 3.58. The number of anilines is 1. The van der Waals surface area contributed by atoms with Crippen molar-refractivity contribution in [2.24, 2.45) is 0 Å². The maximum absolute atomic E-state index is 12.9. The summed E-state index contributed by atoms with van der Waals surface area (Å²) in [6.45, 7) is 1.02. The SMILES string of the molecule is O=S(=O)(Nc1ccc(S(=O)(=O)N2CCCC2)cc1)c1ccc(-c2ncc(-c3ccccc3)o2)cc1. The lowest BCUT2D eigenvalue weighted by Gasteiger charge is -2.16. The number of hydrogen-bond acceptors (Lipinski definition) is 6. The van der Waals surface area contributed by atoms with Crippen molar-refractivity contribution in [3.05, 3.63) is 85.1 Å². The Morgan fingerprint density at radius 2 is 1.37 bits per heavy atom. The fourth-order valence-corrected chi connectivity index (χ4v) is 6.48. The summed E-state index contributed by atoms with van der Waals surface area (Å²) in [7, 11) is -7.43. The molecule has 0 aliphatic carbocycles. The van der Waals surface area contributed by atoms with Crippen LogP contribution in [-0.2, 0) is 20.0 Å². The van der Waals surface area contributed by atoms with E-state index in [4.69, 9.17) is 4.42 Å². The van der Waals surface area contributed by atoms with Gasteiger partial charge in [0.1, 0.15) is 0 Å². The summed E-state index contributed by atoms with van der Waals surface area (Å²) < 4.78 is 60.8. The van der Waals surface area contributed by atoms with Crippen LogP contribution in [0.1, 0.15) is 12.8 Å². The first-order chi connectivity index (χ1) is 16.8. The van der Waals surface area contributed by atoms with Crippen LogP contribution in [0.5, 0.6) is 0 Å². The largest absolute Gasteiger partial charge is 0.436 e. The second-order valence-electron chi connectivity index (χ2n) is 8.16. The fraction of sp³-hybridized carbons (Fsp3) is 0.160. The van der Waals surface area contributed by atoms with Crippen LogP contribution in [0.2, 0.25) is 0 Å². The number of aromatic nitrogens is 1. The number of rotatable bonds is 7. The van der Waals surface area contributed by atoms with Crippen LogP contribution in [0, 0.1) is 0 Å². The molecule has 10 heteroatoms. The lowest BCUT2D eigenvalue weighted by molar-refractivity contribution is 0.477. The van der Waals surface area contributed by atoms with E-state index >= 15 is 0 Å². The minimum absolute atomic E-state index is 0.0600. The number of hydrogen-bond donors (Lipinski definition) is 1. The molecule has 0 bridgehead atoms. The molecular formula is C25H23N3O5S2. The predicted molar refractivity (Wildman–Crippen MR) is 133 cm³/mol. The summed E-state index contributed by atoms with van der Waals surface area (Å²) in [5.41, 5.74) is 1.81. The molecule has 8 nitrogen and oxygen atoms in total. The molecule has 2 heterocycles. The van der Waals surface area contributed by atoms with Gasteiger partial charge in [-0.1, -0.05) is 30.3 Å². The topological polar surface area (TPSA) is 110 Å². The minimum atomic E-state index is -3.87. The van der Waals surface area contributed by atoms with Gasteiger partial charge in [-0.2, -0.15) is 4.31 Å². The summed E-state index contributed by atoms with van der Waals surface area (Å²) in [4.78, 5) is 4.50. The molecule has 1 aromatic heterocycles. The zero-order chi connectivity index (χ0) is 24.5. The van der Waals surface area contributed by atoms with Crippen molar-refractivity contribution in [3.8, 4) is 22.8 Å². The van der Waals surface area contributed by atoms with Crippen molar-refractivity contribution in [3.63, 3.8) is 0 Å². The van der Waals surface area contributed by atoms with Crippen molar-refractivity contribution in [2.45, 2.75) is 22.6 Å². The zero-order valence-electron chi connectivity index (χ0n) is 18.7. The summed E-state index contributed by atoms with van der Waals surface area (Å²) in [5, 5.41) is 0. The molecule has 1 aliphatic rings. The van der Waals surface area contributed by atoms with Crippen molar-refractivity contribution in [1.82, 2.24) is 9.29 Å². The van der Waals surface area contributed by atoms with Gasteiger partial charge in [-0.3, -0.25) is 4.72 Å². The smallest absolute Gasteiger partial charge is 0.261 e. The molecule has 0 saturated carbocycles. The van der Waals surface area contributed by atoms with Crippen LogP contribution in [0.3, 0.4) is 0 Å². The van der Waals surface area contributed by atoms with E-state index in [1.54, 1.807) is 18.3 Å². The lowest BCUT2D eigenvalue weighted by atomic mass is 10.2. The van der Waals surface area contributed by atoms with Gasteiger partial charge in [-0.15, -0.1) is 0 Å². The standard InChI is InChI=1S/C25H23N3O5S2/c29-34(30,27-21-10-14-23(15-11-21)35(31,32)28-16-4-5-17-28)22-12-8-20(9-13-22)25-26-18-24(33-25)19-6-2-1-3-7-19/h1-3,6-15,18,27H,4-5,16-17H2. The monoisotopic (exact) mass is 509 g/mol. The van der Waals surface area contributed by atoms with Crippen LogP contribution in [0.15, 0.2) is 99.3 Å². The Labute approximate surface area is 204 Å². The number of nitrogens with zero attached hydrogens (tertiary/aromatic N) is 2. The molecule has 0 amide bonds. The number of benzene rings is 3. The Morgan fingerprint density at radius 1 is 0.743 bits per heavy atom. The Hall–Kier alpha value is -3.47. The molecule has 4 aromatic rings. The van der Waals surface area contributed by atoms with Gasteiger partial charge >= 0.3 is 0 Å². The lowest BCUT2D eigenvalue weighted by Crippen LogP contribution is -2.27. The predicted octanol–water partition coefficient (Wildman–Crippen LogP) is 4.59. The molecule has 1 aliphatic heterocycles. The molecule has 5 rings (SSSR count). The van der Waals surface area contributed by atoms with Crippen molar-refractivity contribution in [2.75, 3.05) is 17.8 Å². The molecule has 0 radical (unpaired) electrons. The maximum Gasteiger partial charge on any atom is 0.261 e. The molecular weight excluding hydrogens is 486 g/mol. The second kappa shape index (κ2) is 9.29. The van der Waals surface area contributed by atoms with Crippen LogP contribution in [0.25, 0.3) is 22.8 Å². The number of nitrogens with one attached hydrogen (secondary N) is 1. The average molecular weight is 510 g/mol. The van der Waals surface area contributed by atoms with Gasteiger partial charge in [0.25, 0.3) is 10.0 Å². The first kappa shape index (κ1) is 23.3. The molecule has 1 fully saturated rings. The highest BCUT2D eigenvalue weighted by molar-refractivity contribution is 7.92. The Bertz CT molecular complexity index is 1520. The first-order valence-electron chi connectivity index (χ1n) is 11.1. The van der Waals surface area contributed by atoms with E-state index in [1.807, 2.05) is 30.3 Å². The van der Waals surface area contributed by atoms with Gasteiger partial charge in [0.05, 0.1) is 16.0 Å². The third-order valence-electron chi connectivity index (χ3n) is 5.78. The number of oxazole rings is 1. The van der Waals surface area contributed by atoms with Gasteiger partial charge in [0.2, 0.25) is 15.9 Å². The van der Waals surface area contributed by atoms with Crippen LogP contribution < -0.4 is 4.72 Å². The molecule has 0 unspecified atom stereocenters. The summed E-state index contributed by atoms with van der Waals surface area (Å²) >= 11 is 0. The van der Waals surface area contributed by atoms with E-state index < -0.39 is 20.0 Å². The van der Waals surface area contributed by atoms with Gasteiger partial charge in [0, 0.05) is 29.9 Å². The maximum atomic E-state index is 12.9. The Kier molecular flexibility index (Phi) is 6.18. The minimum Gasteiger partial charge on any atom is -0.436 e. The van der Waals surface area contributed by atoms with Crippen LogP contribution >= 0.6 is 0 Å². The van der Waals surface area contributed by atoms with E-state index in [0.29, 0.717) is 30.3 Å². The molecule has 1 N–H and O–H groups in total. The molecule has 35 heavy (non-hydrogen) atoms. The van der Waals surface area contributed by atoms with Gasteiger partial charge in [-0.05, 0) is 61.4 Å². The summed E-state index contributed by atoms with van der Waals surface area (Å²) in [5.74, 6) is 1.00. The number of sulfonamides is 2. The fourth-order valence-electron chi connectivity index (χ4n) is 3.91. The molecule has 0 atom stereocenters.